The van der Waals surface area contributed by atoms with E-state index in [1.54, 1.807) is 0 Å². The van der Waals surface area contributed by atoms with Crippen molar-refractivity contribution in [1.29, 1.82) is 0 Å². The van der Waals surface area contributed by atoms with Crippen LogP contribution in [0.15, 0.2) is 0 Å². The van der Waals surface area contributed by atoms with Gasteiger partial charge in [-0.05, 0) is 6.42 Å². The lowest BCUT2D eigenvalue weighted by Gasteiger charge is -2.17. The number of hydrogen-bond donors (Lipinski definition) is 0. The highest BCUT2D eigenvalue weighted by Crippen LogP contribution is 2.40. The van der Waals surface area contributed by atoms with Crippen LogP contribution in [0.3, 0.4) is 0 Å². The van der Waals surface area contributed by atoms with Crippen LogP contribution in [-0.4, -0.2) is 39.7 Å². The van der Waals surface area contributed by atoms with Crippen LogP contribution in [0.25, 0.3) is 0 Å². The van der Waals surface area contributed by atoms with Crippen LogP contribution in [-0.2, 0) is 9.59 Å². The second-order valence-corrected chi connectivity index (χ2v) is 3.43. The molecule has 1 saturated carbocycles. The number of urea groups is 1. The topological polar surface area (TPSA) is 57.7 Å². The van der Waals surface area contributed by atoms with E-state index in [0.29, 0.717) is 0 Å². The molecule has 4 amide bonds. The molecule has 13 heavy (non-hydrogen) atoms. The average Bonchev–Trinajstić information content (AvgIpc) is 2.62. The Morgan fingerprint density at radius 1 is 1.15 bits per heavy atom. The highest BCUT2D eigenvalue weighted by Gasteiger charge is 2.59. The highest BCUT2D eigenvalue weighted by molar-refractivity contribution is 6.04. The molecule has 2 unspecified atom stereocenters. The Morgan fingerprint density at radius 2 is 1.54 bits per heavy atom. The quantitative estimate of drug-likeness (QED) is 0.528. The Bertz CT molecular complexity index is 285. The molecule has 0 aromatic carbocycles. The second-order valence-electron chi connectivity index (χ2n) is 3.43. The van der Waals surface area contributed by atoms with Gasteiger partial charge < -0.3 is 0 Å². The molecule has 1 aliphatic heterocycles. The molecule has 1 heterocycles. The first-order valence-corrected chi connectivity index (χ1v) is 4.17. The van der Waals surface area contributed by atoms with Gasteiger partial charge in [0.15, 0.2) is 0 Å². The van der Waals surface area contributed by atoms with Crippen molar-refractivity contribution >= 4 is 17.8 Å². The number of nitrogens with zero attached hydrogens (tertiary/aromatic N) is 2. The van der Waals surface area contributed by atoms with Gasteiger partial charge in [-0.2, -0.15) is 0 Å². The molecule has 70 valence electrons. The third kappa shape index (κ3) is 0.961. The molecule has 0 bridgehead atoms. The van der Waals surface area contributed by atoms with Crippen molar-refractivity contribution in [2.45, 2.75) is 32.4 Å². The zero-order valence-electron chi connectivity index (χ0n) is 7.48. The smallest absolute Gasteiger partial charge is 0.275 e. The fourth-order valence-electron chi connectivity index (χ4n) is 1.86. The minimum atomic E-state index is -0.457. The van der Waals surface area contributed by atoms with Crippen LogP contribution in [0.4, 0.5) is 4.79 Å². The number of carbonyl (C=O) groups is 3. The molecule has 0 aromatic rings. The third-order valence-electron chi connectivity index (χ3n) is 2.48. The summed E-state index contributed by atoms with van der Waals surface area (Å²) < 4.78 is 0. The molecule has 2 atom stereocenters. The largest absolute Gasteiger partial charge is 0.334 e. The predicted molar refractivity (Wildman–Crippen MR) is 42.6 cm³/mol. The van der Waals surface area contributed by atoms with Gasteiger partial charge in [0.25, 0.3) is 0 Å². The van der Waals surface area contributed by atoms with Crippen LogP contribution in [0.5, 0.6) is 0 Å². The number of rotatable bonds is 0. The number of hydrogen-bond acceptors (Lipinski definition) is 3. The van der Waals surface area contributed by atoms with Crippen LogP contribution in [0, 0.1) is 0 Å². The molecule has 5 nitrogen and oxygen atoms in total. The molecule has 0 spiro atoms. The fraction of sp³-hybridized carbons (Fsp3) is 0.625. The Balaban J connectivity index is 2.25. The van der Waals surface area contributed by atoms with Gasteiger partial charge in [0.05, 0.1) is 12.1 Å². The number of amides is 4. The van der Waals surface area contributed by atoms with Gasteiger partial charge in [-0.15, -0.1) is 0 Å². The van der Waals surface area contributed by atoms with Crippen molar-refractivity contribution < 1.29 is 14.4 Å². The standard InChI is InChI=1S/C8H10N2O3/c1-4(11)9-6-3-7(6)10(5(2)12)8(9)13/h6-7H,3H2,1-2H3. The van der Waals surface area contributed by atoms with E-state index >= 15 is 0 Å². The molecular formula is C8H10N2O3. The van der Waals surface area contributed by atoms with Crippen LogP contribution in [0.1, 0.15) is 20.3 Å². The summed E-state index contributed by atoms with van der Waals surface area (Å²) in [5.74, 6) is -0.553. The van der Waals surface area contributed by atoms with Gasteiger partial charge in [0, 0.05) is 13.8 Å². The normalized spacial score (nSPS) is 30.5. The van der Waals surface area contributed by atoms with Crippen molar-refractivity contribution in [3.63, 3.8) is 0 Å². The van der Waals surface area contributed by atoms with E-state index in [9.17, 15) is 14.4 Å². The van der Waals surface area contributed by atoms with Gasteiger partial charge in [-0.25, -0.2) is 4.79 Å². The lowest BCUT2D eigenvalue weighted by atomic mass is 10.5. The van der Waals surface area contributed by atoms with Crippen LogP contribution < -0.4 is 0 Å². The summed E-state index contributed by atoms with van der Waals surface area (Å²) in [4.78, 5) is 35.8. The monoisotopic (exact) mass is 182 g/mol. The minimum absolute atomic E-state index is 0.0473. The van der Waals surface area contributed by atoms with Crippen molar-refractivity contribution in [3.8, 4) is 0 Å². The minimum Gasteiger partial charge on any atom is -0.275 e. The van der Waals surface area contributed by atoms with E-state index in [0.717, 1.165) is 6.42 Å². The van der Waals surface area contributed by atoms with Gasteiger partial charge in [0.2, 0.25) is 11.8 Å². The molecular weight excluding hydrogens is 172 g/mol. The van der Waals surface area contributed by atoms with E-state index in [4.69, 9.17) is 0 Å². The first-order valence-electron chi connectivity index (χ1n) is 4.17. The third-order valence-corrected chi connectivity index (χ3v) is 2.48. The highest BCUT2D eigenvalue weighted by atomic mass is 16.2. The summed E-state index contributed by atoms with van der Waals surface area (Å²) in [6.07, 6.45) is 0.741. The first kappa shape index (κ1) is 8.22. The van der Waals surface area contributed by atoms with E-state index in [1.807, 2.05) is 0 Å². The molecule has 2 fully saturated rings. The van der Waals surface area contributed by atoms with Crippen molar-refractivity contribution in [2.24, 2.45) is 0 Å². The average molecular weight is 182 g/mol. The maximum Gasteiger partial charge on any atom is 0.334 e. The van der Waals surface area contributed by atoms with Crippen molar-refractivity contribution in [1.82, 2.24) is 9.80 Å². The molecule has 2 aliphatic rings. The molecule has 1 saturated heterocycles. The zero-order valence-corrected chi connectivity index (χ0v) is 7.48. The summed E-state index contributed by atoms with van der Waals surface area (Å²) in [5.41, 5.74) is 0. The molecule has 2 rings (SSSR count). The van der Waals surface area contributed by atoms with Gasteiger partial charge in [-0.3, -0.25) is 19.4 Å². The van der Waals surface area contributed by atoms with Crippen molar-refractivity contribution in [3.05, 3.63) is 0 Å². The number of carbonyl (C=O) groups excluding carboxylic acids is 3. The maximum absolute atomic E-state index is 11.4. The molecule has 0 N–H and O–H groups in total. The van der Waals surface area contributed by atoms with Gasteiger partial charge in [0.1, 0.15) is 0 Å². The first-order chi connectivity index (χ1) is 6.04. The van der Waals surface area contributed by atoms with E-state index < -0.39 is 6.03 Å². The molecule has 1 aliphatic carbocycles. The van der Waals surface area contributed by atoms with Crippen LogP contribution >= 0.6 is 0 Å². The number of fused-ring (bicyclic) bond motifs is 1. The predicted octanol–water partition coefficient (Wildman–Crippen LogP) is -0.0421. The van der Waals surface area contributed by atoms with E-state index in [-0.39, 0.29) is 23.9 Å². The molecule has 5 heteroatoms. The zero-order chi connectivity index (χ0) is 9.75. The summed E-state index contributed by atoms with van der Waals surface area (Å²) in [7, 11) is 0. The van der Waals surface area contributed by atoms with Crippen molar-refractivity contribution in [2.75, 3.05) is 0 Å². The van der Waals surface area contributed by atoms with E-state index in [1.165, 1.54) is 23.6 Å². The van der Waals surface area contributed by atoms with Crippen LogP contribution in [0.2, 0.25) is 0 Å². The maximum atomic E-state index is 11.4. The summed E-state index contributed by atoms with van der Waals surface area (Å²) in [6.45, 7) is 2.69. The van der Waals surface area contributed by atoms with E-state index in [2.05, 4.69) is 0 Å². The Hall–Kier alpha value is -1.39. The molecule has 0 aromatic heterocycles. The molecule has 0 radical (unpaired) electrons. The second kappa shape index (κ2) is 2.31. The Kier molecular flexibility index (Phi) is 1.46. The fourth-order valence-corrected chi connectivity index (χ4v) is 1.86. The Morgan fingerprint density at radius 3 is 1.77 bits per heavy atom. The lowest BCUT2D eigenvalue weighted by molar-refractivity contribution is -0.127. The number of imide groups is 2. The summed E-state index contributed by atoms with van der Waals surface area (Å²) >= 11 is 0. The van der Waals surface area contributed by atoms with Gasteiger partial charge in [-0.1, -0.05) is 0 Å². The SMILES string of the molecule is CC(=O)N1C(=O)N(C(C)=O)C2CC21. The van der Waals surface area contributed by atoms with Gasteiger partial charge >= 0.3 is 6.03 Å². The summed E-state index contributed by atoms with van der Waals surface area (Å²) in [6, 6.07) is -0.552. The summed E-state index contributed by atoms with van der Waals surface area (Å²) in [5, 5.41) is 0. The lowest BCUT2D eigenvalue weighted by Crippen LogP contribution is -2.41. The Labute approximate surface area is 75.3 Å².